The number of fused-ring (bicyclic) bond motifs is 1. The van der Waals surface area contributed by atoms with Crippen LogP contribution in [0.1, 0.15) is 37.5 Å². The van der Waals surface area contributed by atoms with E-state index in [1.165, 1.54) is 6.07 Å². The Hall–Kier alpha value is -0.960. The van der Waals surface area contributed by atoms with Crippen molar-refractivity contribution in [3.8, 4) is 0 Å². The van der Waals surface area contributed by atoms with Crippen molar-refractivity contribution in [2.45, 2.75) is 31.8 Å². The lowest BCUT2D eigenvalue weighted by atomic mass is 9.86. The van der Waals surface area contributed by atoms with Crippen molar-refractivity contribution in [2.24, 2.45) is 0 Å². The Morgan fingerprint density at radius 3 is 2.64 bits per heavy atom. The van der Waals surface area contributed by atoms with E-state index in [-0.39, 0.29) is 0 Å². The number of hydrogen-bond acceptors (Lipinski definition) is 1. The predicted octanol–water partition coefficient (Wildman–Crippen LogP) is 2.68. The molecule has 0 aliphatic heterocycles. The van der Waals surface area contributed by atoms with Gasteiger partial charge in [0.05, 0.1) is 6.10 Å². The molecule has 0 radical (unpaired) electrons. The van der Waals surface area contributed by atoms with E-state index < -0.39 is 23.2 Å². The summed E-state index contributed by atoms with van der Waals surface area (Å²) in [5.41, 5.74) is 0.436. The topological polar surface area (TPSA) is 20.2 Å². The standard InChI is InChI=1S/C11H12F2O/c1-11(2)5-9(14)7-3-6(12)4-8(13)10(7)11/h3-4,9,14H,5H2,1-2H3. The van der Waals surface area contributed by atoms with E-state index in [0.717, 1.165) is 6.07 Å². The molecule has 0 saturated carbocycles. The molecule has 0 bridgehead atoms. The van der Waals surface area contributed by atoms with Crippen LogP contribution in [0.3, 0.4) is 0 Å². The molecule has 1 N–H and O–H groups in total. The summed E-state index contributed by atoms with van der Waals surface area (Å²) in [6, 6.07) is 2.09. The van der Waals surface area contributed by atoms with Crippen molar-refractivity contribution >= 4 is 0 Å². The molecule has 2 rings (SSSR count). The second-order valence-corrected chi connectivity index (χ2v) is 4.46. The van der Waals surface area contributed by atoms with Crippen molar-refractivity contribution in [2.75, 3.05) is 0 Å². The summed E-state index contributed by atoms with van der Waals surface area (Å²) < 4.78 is 26.4. The minimum Gasteiger partial charge on any atom is -0.388 e. The first-order valence-corrected chi connectivity index (χ1v) is 4.59. The van der Waals surface area contributed by atoms with Crippen LogP contribution in [0.2, 0.25) is 0 Å². The molecule has 1 aliphatic rings. The summed E-state index contributed by atoms with van der Waals surface area (Å²) in [7, 11) is 0. The van der Waals surface area contributed by atoms with E-state index in [9.17, 15) is 13.9 Å². The second-order valence-electron chi connectivity index (χ2n) is 4.46. The maximum absolute atomic E-state index is 13.5. The highest BCUT2D eigenvalue weighted by molar-refractivity contribution is 5.41. The van der Waals surface area contributed by atoms with Crippen LogP contribution in [0.15, 0.2) is 12.1 Å². The normalized spacial score (nSPS) is 23.6. The van der Waals surface area contributed by atoms with Crippen molar-refractivity contribution in [1.82, 2.24) is 0 Å². The molecule has 0 aromatic heterocycles. The lowest BCUT2D eigenvalue weighted by molar-refractivity contribution is 0.161. The average Bonchev–Trinajstić information content (AvgIpc) is 2.21. The third kappa shape index (κ3) is 1.23. The lowest BCUT2D eigenvalue weighted by Crippen LogP contribution is -2.14. The van der Waals surface area contributed by atoms with Crippen LogP contribution in [0.5, 0.6) is 0 Å². The van der Waals surface area contributed by atoms with Gasteiger partial charge >= 0.3 is 0 Å². The Morgan fingerprint density at radius 1 is 1.36 bits per heavy atom. The monoisotopic (exact) mass is 198 g/mol. The number of hydrogen-bond donors (Lipinski definition) is 1. The number of aliphatic hydroxyl groups is 1. The molecular weight excluding hydrogens is 186 g/mol. The largest absolute Gasteiger partial charge is 0.388 e. The van der Waals surface area contributed by atoms with Gasteiger partial charge in [0, 0.05) is 6.07 Å². The Bertz CT molecular complexity index is 385. The zero-order chi connectivity index (χ0) is 10.5. The van der Waals surface area contributed by atoms with Crippen LogP contribution >= 0.6 is 0 Å². The highest BCUT2D eigenvalue weighted by atomic mass is 19.1. The molecule has 0 spiro atoms. The smallest absolute Gasteiger partial charge is 0.130 e. The fourth-order valence-corrected chi connectivity index (χ4v) is 2.27. The first-order valence-electron chi connectivity index (χ1n) is 4.59. The third-order valence-corrected chi connectivity index (χ3v) is 2.82. The van der Waals surface area contributed by atoms with Gasteiger partial charge in [-0.05, 0) is 29.0 Å². The molecule has 1 aromatic carbocycles. The van der Waals surface area contributed by atoms with Gasteiger partial charge in [0.2, 0.25) is 0 Å². The summed E-state index contributed by atoms with van der Waals surface area (Å²) in [4.78, 5) is 0. The fourth-order valence-electron chi connectivity index (χ4n) is 2.27. The first kappa shape index (κ1) is 9.59. The predicted molar refractivity (Wildman–Crippen MR) is 49.0 cm³/mol. The molecule has 0 heterocycles. The number of rotatable bonds is 0. The molecule has 1 nitrogen and oxygen atoms in total. The maximum atomic E-state index is 13.5. The Balaban J connectivity index is 2.69. The van der Waals surface area contributed by atoms with E-state index in [1.807, 2.05) is 13.8 Å². The van der Waals surface area contributed by atoms with Crippen molar-refractivity contribution in [3.05, 3.63) is 34.9 Å². The van der Waals surface area contributed by atoms with Gasteiger partial charge < -0.3 is 5.11 Å². The zero-order valence-electron chi connectivity index (χ0n) is 8.14. The van der Waals surface area contributed by atoms with Crippen LogP contribution in [0.25, 0.3) is 0 Å². The molecular formula is C11H12F2O. The van der Waals surface area contributed by atoms with Gasteiger partial charge in [-0.3, -0.25) is 0 Å². The molecule has 14 heavy (non-hydrogen) atoms. The Labute approximate surface area is 81.4 Å². The average molecular weight is 198 g/mol. The number of aliphatic hydroxyl groups excluding tert-OH is 1. The van der Waals surface area contributed by atoms with E-state index in [0.29, 0.717) is 17.5 Å². The second kappa shape index (κ2) is 2.76. The summed E-state index contributed by atoms with van der Waals surface area (Å²) in [6.45, 7) is 3.70. The van der Waals surface area contributed by atoms with Gasteiger partial charge in [-0.1, -0.05) is 13.8 Å². The van der Waals surface area contributed by atoms with E-state index in [2.05, 4.69) is 0 Å². The van der Waals surface area contributed by atoms with Gasteiger partial charge in [-0.25, -0.2) is 8.78 Å². The summed E-state index contributed by atoms with van der Waals surface area (Å²) >= 11 is 0. The first-order chi connectivity index (χ1) is 6.42. The zero-order valence-corrected chi connectivity index (χ0v) is 8.14. The number of benzene rings is 1. The minimum atomic E-state index is -0.745. The molecule has 0 fully saturated rings. The molecule has 1 unspecified atom stereocenters. The third-order valence-electron chi connectivity index (χ3n) is 2.82. The SMILES string of the molecule is CC1(C)CC(O)c2cc(F)cc(F)c21. The molecule has 1 atom stereocenters. The molecule has 1 aliphatic carbocycles. The molecule has 0 amide bonds. The quantitative estimate of drug-likeness (QED) is 0.679. The molecule has 1 aromatic rings. The summed E-state index contributed by atoms with van der Waals surface area (Å²) in [5.74, 6) is -1.18. The highest BCUT2D eigenvalue weighted by Crippen LogP contribution is 2.45. The molecule has 76 valence electrons. The van der Waals surface area contributed by atoms with Crippen LogP contribution in [0.4, 0.5) is 8.78 Å². The fraction of sp³-hybridized carbons (Fsp3) is 0.455. The Kier molecular flexibility index (Phi) is 1.89. The highest BCUT2D eigenvalue weighted by Gasteiger charge is 2.38. The van der Waals surface area contributed by atoms with Gasteiger partial charge in [-0.2, -0.15) is 0 Å². The van der Waals surface area contributed by atoms with Crippen molar-refractivity contribution in [3.63, 3.8) is 0 Å². The Morgan fingerprint density at radius 2 is 2.00 bits per heavy atom. The van der Waals surface area contributed by atoms with Gasteiger partial charge in [0.15, 0.2) is 0 Å². The lowest BCUT2D eigenvalue weighted by Gasteiger charge is -2.18. The van der Waals surface area contributed by atoms with Gasteiger partial charge in [-0.15, -0.1) is 0 Å². The summed E-state index contributed by atoms with van der Waals surface area (Å²) in [5, 5.41) is 9.63. The van der Waals surface area contributed by atoms with Crippen LogP contribution in [-0.2, 0) is 5.41 Å². The van der Waals surface area contributed by atoms with Crippen molar-refractivity contribution < 1.29 is 13.9 Å². The summed E-state index contributed by atoms with van der Waals surface area (Å²) in [6.07, 6.45) is -0.298. The number of halogens is 2. The maximum Gasteiger partial charge on any atom is 0.130 e. The molecule has 0 saturated heterocycles. The van der Waals surface area contributed by atoms with E-state index in [4.69, 9.17) is 0 Å². The van der Waals surface area contributed by atoms with Crippen LogP contribution in [0, 0.1) is 11.6 Å². The van der Waals surface area contributed by atoms with Crippen molar-refractivity contribution in [1.29, 1.82) is 0 Å². The minimum absolute atomic E-state index is 0.396. The van der Waals surface area contributed by atoms with Crippen LogP contribution in [-0.4, -0.2) is 5.11 Å². The van der Waals surface area contributed by atoms with Gasteiger partial charge in [0.25, 0.3) is 0 Å². The molecule has 3 heteroatoms. The van der Waals surface area contributed by atoms with Gasteiger partial charge in [0.1, 0.15) is 11.6 Å². The van der Waals surface area contributed by atoms with E-state index >= 15 is 0 Å². The van der Waals surface area contributed by atoms with Crippen LogP contribution < -0.4 is 0 Å². The van der Waals surface area contributed by atoms with E-state index in [1.54, 1.807) is 0 Å².